The molecule has 7 atom stereocenters. The summed E-state index contributed by atoms with van der Waals surface area (Å²) in [7, 11) is -3.90. The fourth-order valence-electron chi connectivity index (χ4n) is 7.57. The van der Waals surface area contributed by atoms with Crippen LogP contribution >= 0.6 is 0 Å². The summed E-state index contributed by atoms with van der Waals surface area (Å²) in [4.78, 5) is 62.0. The Kier molecular flexibility index (Phi) is 11.2. The number of nitrogens with one attached hydrogen (secondary N) is 3. The molecule has 0 bridgehead atoms. The minimum Gasteiger partial charge on any atom is -0.494 e. The second-order valence-corrected chi connectivity index (χ2v) is 18.3. The first-order valence-corrected chi connectivity index (χ1v) is 20.6. The number of rotatable bonds is 8. The van der Waals surface area contributed by atoms with E-state index >= 15 is 0 Å². The van der Waals surface area contributed by atoms with E-state index < -0.39 is 74.3 Å². The van der Waals surface area contributed by atoms with Gasteiger partial charge in [0.25, 0.3) is 5.91 Å². The Morgan fingerprint density at radius 1 is 1.09 bits per heavy atom. The number of carbonyl (C=O) groups is 4. The highest BCUT2D eigenvalue weighted by Crippen LogP contribution is 2.46. The molecule has 15 heteroatoms. The second kappa shape index (κ2) is 15.4. The molecule has 1 aromatic carbocycles. The zero-order valence-electron chi connectivity index (χ0n) is 31.9. The molecule has 6 rings (SSSR count). The summed E-state index contributed by atoms with van der Waals surface area (Å²) in [5.74, 6) is -1.51. The van der Waals surface area contributed by atoms with Gasteiger partial charge in [-0.25, -0.2) is 18.2 Å². The number of allylic oxidation sites excluding steroid dienone is 1. The van der Waals surface area contributed by atoms with Crippen LogP contribution in [0, 0.1) is 17.8 Å². The van der Waals surface area contributed by atoms with Crippen molar-refractivity contribution in [3.8, 4) is 11.6 Å². The standard InChI is InChI=1S/C39H53N5O9S/c1-7-51-27-12-15-30-25(19-27)16-17-40-34(30)52-28-20-31-33(45)42-39(36(47)43-54(49,50)29-13-14-29)21-26(39)11-9-8-10-23(2)18-24(3)32(35(46)44(31)22-28)41-37(48)53-38(4,5)6/h9,11-12,15-17,19,23-24,26,28-29,31-32H,7-8,10,13-14,18,20-22H2,1-6H3,(H,41,48)(H,42,45)(H,43,47)/b11-9-/t23-,24-,26?,28-,31+,32+,39-/m1/s1. The second-order valence-electron chi connectivity index (χ2n) is 16.3. The van der Waals surface area contributed by atoms with E-state index in [2.05, 4.69) is 27.3 Å². The molecule has 4 amide bonds. The molecule has 3 heterocycles. The number of fused-ring (bicyclic) bond motifs is 3. The number of amides is 4. The minimum atomic E-state index is -3.90. The average Bonchev–Trinajstić information content (AvgIpc) is 4.01. The van der Waals surface area contributed by atoms with Crippen LogP contribution < -0.4 is 24.8 Å². The van der Waals surface area contributed by atoms with E-state index in [9.17, 15) is 27.6 Å². The molecule has 2 aliphatic heterocycles. The van der Waals surface area contributed by atoms with E-state index in [0.717, 1.165) is 11.8 Å². The Morgan fingerprint density at radius 2 is 1.85 bits per heavy atom. The Labute approximate surface area is 317 Å². The first-order valence-electron chi connectivity index (χ1n) is 19.0. The smallest absolute Gasteiger partial charge is 0.408 e. The molecule has 2 aromatic rings. The lowest BCUT2D eigenvalue weighted by molar-refractivity contribution is -0.142. The van der Waals surface area contributed by atoms with Crippen LogP contribution in [-0.4, -0.2) is 89.8 Å². The van der Waals surface area contributed by atoms with Crippen LogP contribution in [-0.2, 0) is 29.1 Å². The average molecular weight is 768 g/mol. The number of ether oxygens (including phenoxy) is 3. The zero-order chi connectivity index (χ0) is 39.0. The number of aromatic nitrogens is 1. The van der Waals surface area contributed by atoms with Crippen LogP contribution in [0.3, 0.4) is 0 Å². The van der Waals surface area contributed by atoms with Crippen LogP contribution in [0.15, 0.2) is 42.6 Å². The first kappa shape index (κ1) is 39.3. The Balaban J connectivity index is 1.34. The van der Waals surface area contributed by atoms with Gasteiger partial charge in [0.15, 0.2) is 0 Å². The zero-order valence-corrected chi connectivity index (χ0v) is 32.7. The minimum absolute atomic E-state index is 0.0145. The highest BCUT2D eigenvalue weighted by atomic mass is 32.2. The lowest BCUT2D eigenvalue weighted by Gasteiger charge is -2.33. The van der Waals surface area contributed by atoms with Crippen molar-refractivity contribution >= 4 is 44.6 Å². The van der Waals surface area contributed by atoms with Gasteiger partial charge < -0.3 is 29.7 Å². The van der Waals surface area contributed by atoms with E-state index in [1.807, 2.05) is 50.3 Å². The molecule has 1 aromatic heterocycles. The first-order chi connectivity index (χ1) is 25.5. The number of alkyl carbamates (subject to hydrolysis) is 1. The lowest BCUT2D eigenvalue weighted by atomic mass is 9.88. The van der Waals surface area contributed by atoms with Gasteiger partial charge in [-0.1, -0.05) is 26.0 Å². The van der Waals surface area contributed by atoms with Crippen molar-refractivity contribution in [3.05, 3.63) is 42.6 Å². The molecule has 3 N–H and O–H groups in total. The molecular formula is C39H53N5O9S. The van der Waals surface area contributed by atoms with Crippen molar-refractivity contribution in [2.24, 2.45) is 17.8 Å². The Hall–Kier alpha value is -4.40. The number of hydrogen-bond donors (Lipinski definition) is 3. The van der Waals surface area contributed by atoms with Crippen molar-refractivity contribution in [3.63, 3.8) is 0 Å². The predicted molar refractivity (Wildman–Crippen MR) is 201 cm³/mol. The maximum absolute atomic E-state index is 14.7. The summed E-state index contributed by atoms with van der Waals surface area (Å²) in [5, 5.41) is 6.62. The monoisotopic (exact) mass is 767 g/mol. The SMILES string of the molecule is CCOc1ccc2c(O[C@@H]3C[C@H]4C(=O)N[C@]5(C(=O)NS(=O)(=O)C6CC6)CC5/C=C\CC[C@@H](C)C[C@@H](C)[C@H](NC(=O)OC(C)(C)C)C(=O)N4C3)nccc2c1. The number of sulfonamides is 1. The summed E-state index contributed by atoms with van der Waals surface area (Å²) in [6.45, 7) is 11.6. The highest BCUT2D eigenvalue weighted by molar-refractivity contribution is 7.91. The van der Waals surface area contributed by atoms with Gasteiger partial charge in [0.05, 0.1) is 18.4 Å². The summed E-state index contributed by atoms with van der Waals surface area (Å²) in [6, 6.07) is 5.22. The van der Waals surface area contributed by atoms with Crippen LogP contribution in [0.5, 0.6) is 11.6 Å². The Bertz CT molecular complexity index is 1910. The third-order valence-corrected chi connectivity index (χ3v) is 12.4. The van der Waals surface area contributed by atoms with Crippen LogP contribution in [0.1, 0.15) is 86.5 Å². The van der Waals surface area contributed by atoms with Gasteiger partial charge in [-0.05, 0) is 108 Å². The third kappa shape index (κ3) is 8.93. The molecule has 2 saturated carbocycles. The van der Waals surface area contributed by atoms with Crippen molar-refractivity contribution in [1.29, 1.82) is 0 Å². The fourth-order valence-corrected chi connectivity index (χ4v) is 8.93. The normalized spacial score (nSPS) is 29.8. The van der Waals surface area contributed by atoms with Crippen molar-refractivity contribution in [2.45, 2.75) is 121 Å². The lowest BCUT2D eigenvalue weighted by Crippen LogP contribution is -2.59. The van der Waals surface area contributed by atoms with E-state index in [1.54, 1.807) is 27.0 Å². The van der Waals surface area contributed by atoms with E-state index in [-0.39, 0.29) is 31.2 Å². The molecule has 1 saturated heterocycles. The molecule has 54 heavy (non-hydrogen) atoms. The van der Waals surface area contributed by atoms with Crippen molar-refractivity contribution in [2.75, 3.05) is 13.2 Å². The van der Waals surface area contributed by atoms with Gasteiger partial charge in [-0.3, -0.25) is 19.1 Å². The van der Waals surface area contributed by atoms with E-state index in [4.69, 9.17) is 14.2 Å². The van der Waals surface area contributed by atoms with Gasteiger partial charge in [0, 0.05) is 23.9 Å². The van der Waals surface area contributed by atoms with Crippen molar-refractivity contribution in [1.82, 2.24) is 25.2 Å². The van der Waals surface area contributed by atoms with Gasteiger partial charge in [-0.15, -0.1) is 0 Å². The summed E-state index contributed by atoms with van der Waals surface area (Å²) >= 11 is 0. The molecule has 3 fully saturated rings. The summed E-state index contributed by atoms with van der Waals surface area (Å²) in [6.07, 6.45) is 7.25. The van der Waals surface area contributed by atoms with E-state index in [0.29, 0.717) is 49.3 Å². The maximum Gasteiger partial charge on any atom is 0.408 e. The Morgan fingerprint density at radius 3 is 2.56 bits per heavy atom. The van der Waals surface area contributed by atoms with E-state index in [1.165, 1.54) is 4.90 Å². The van der Waals surface area contributed by atoms with Gasteiger partial charge in [0.2, 0.25) is 27.7 Å². The van der Waals surface area contributed by atoms with Gasteiger partial charge >= 0.3 is 6.09 Å². The number of carbonyl (C=O) groups excluding carboxylic acids is 4. The predicted octanol–water partition coefficient (Wildman–Crippen LogP) is 4.37. The molecule has 0 spiro atoms. The number of pyridine rings is 1. The molecule has 0 radical (unpaired) electrons. The van der Waals surface area contributed by atoms with Crippen molar-refractivity contribution < 1.29 is 41.8 Å². The number of hydrogen-bond acceptors (Lipinski definition) is 10. The molecule has 4 aliphatic rings. The summed E-state index contributed by atoms with van der Waals surface area (Å²) in [5.41, 5.74) is -2.33. The third-order valence-electron chi connectivity index (χ3n) is 10.6. The molecule has 14 nitrogen and oxygen atoms in total. The number of benzene rings is 1. The molecule has 294 valence electrons. The molecule has 1 unspecified atom stereocenters. The van der Waals surface area contributed by atoms with Gasteiger partial charge in [-0.2, -0.15) is 0 Å². The summed E-state index contributed by atoms with van der Waals surface area (Å²) < 4.78 is 45.6. The maximum atomic E-state index is 14.7. The topological polar surface area (TPSA) is 182 Å². The van der Waals surface area contributed by atoms with Gasteiger partial charge in [0.1, 0.15) is 35.1 Å². The van der Waals surface area contributed by atoms with Crippen LogP contribution in [0.4, 0.5) is 4.79 Å². The largest absolute Gasteiger partial charge is 0.494 e. The molecular weight excluding hydrogens is 715 g/mol. The quantitative estimate of drug-likeness (QED) is 0.327. The fraction of sp³-hybridized carbons (Fsp3) is 0.615. The van der Waals surface area contributed by atoms with Crippen LogP contribution in [0.2, 0.25) is 0 Å². The number of nitrogens with zero attached hydrogens (tertiary/aromatic N) is 2. The van der Waals surface area contributed by atoms with Crippen LogP contribution in [0.25, 0.3) is 10.8 Å². The molecule has 2 aliphatic carbocycles. The highest BCUT2D eigenvalue weighted by Gasteiger charge is 2.62.